The molecule has 1 aliphatic rings. The van der Waals surface area contributed by atoms with Crippen LogP contribution in [0.1, 0.15) is 42.7 Å². The second-order valence-corrected chi connectivity index (χ2v) is 4.40. The molecule has 1 saturated carbocycles. The fourth-order valence-electron chi connectivity index (χ4n) is 2.24. The number of benzene rings is 1. The van der Waals surface area contributed by atoms with Crippen molar-refractivity contribution in [3.05, 3.63) is 34.3 Å². The Morgan fingerprint density at radius 2 is 2.00 bits per heavy atom. The molecule has 0 heterocycles. The molecule has 0 amide bonds. The van der Waals surface area contributed by atoms with E-state index in [9.17, 15) is 0 Å². The summed E-state index contributed by atoms with van der Waals surface area (Å²) in [5.74, 6) is 0.648. The summed E-state index contributed by atoms with van der Waals surface area (Å²) in [5.41, 5.74) is 2.16. The van der Waals surface area contributed by atoms with Gasteiger partial charge in [-0.2, -0.15) is 0 Å². The van der Waals surface area contributed by atoms with Crippen molar-refractivity contribution in [3.63, 3.8) is 0 Å². The van der Waals surface area contributed by atoms with Gasteiger partial charge in [0.1, 0.15) is 0 Å². The zero-order valence-electron chi connectivity index (χ0n) is 8.17. The monoisotopic (exact) mass is 210 g/mol. The fraction of sp³-hybridized carbons (Fsp3) is 0.500. The Morgan fingerprint density at radius 3 is 2.57 bits per heavy atom. The third-order valence-electron chi connectivity index (χ3n) is 3.04. The summed E-state index contributed by atoms with van der Waals surface area (Å²) in [4.78, 5) is 0. The van der Waals surface area contributed by atoms with Gasteiger partial charge in [0.2, 0.25) is 0 Å². The van der Waals surface area contributed by atoms with Crippen LogP contribution >= 0.6 is 11.6 Å². The van der Waals surface area contributed by atoms with E-state index in [4.69, 9.17) is 16.7 Å². The molecular weight excluding hydrogens is 196 g/mol. The highest BCUT2D eigenvalue weighted by atomic mass is 35.5. The van der Waals surface area contributed by atoms with Gasteiger partial charge in [0.05, 0.1) is 6.61 Å². The lowest BCUT2D eigenvalue weighted by atomic mass is 9.97. The molecule has 2 rings (SSSR count). The molecule has 0 saturated heterocycles. The predicted octanol–water partition coefficient (Wildman–Crippen LogP) is 3.49. The van der Waals surface area contributed by atoms with Crippen LogP contribution in [-0.2, 0) is 6.61 Å². The maximum Gasteiger partial charge on any atom is 0.0682 e. The van der Waals surface area contributed by atoms with E-state index in [-0.39, 0.29) is 6.61 Å². The van der Waals surface area contributed by atoms with Crippen molar-refractivity contribution in [2.75, 3.05) is 0 Å². The summed E-state index contributed by atoms with van der Waals surface area (Å²) in [7, 11) is 0. The van der Waals surface area contributed by atoms with Gasteiger partial charge in [0, 0.05) is 5.02 Å². The minimum absolute atomic E-state index is 0.0741. The summed E-state index contributed by atoms with van der Waals surface area (Å²) >= 11 is 6.18. The van der Waals surface area contributed by atoms with E-state index in [1.165, 1.54) is 31.2 Å². The lowest BCUT2D eigenvalue weighted by Gasteiger charge is -2.12. The maximum atomic E-state index is 8.96. The van der Waals surface area contributed by atoms with Gasteiger partial charge in [0.25, 0.3) is 0 Å². The van der Waals surface area contributed by atoms with E-state index >= 15 is 0 Å². The normalized spacial score (nSPS) is 17.6. The molecule has 76 valence electrons. The van der Waals surface area contributed by atoms with Gasteiger partial charge in [-0.15, -0.1) is 0 Å². The van der Waals surface area contributed by atoms with Crippen LogP contribution in [0, 0.1) is 0 Å². The van der Waals surface area contributed by atoms with Crippen LogP contribution in [0.25, 0.3) is 0 Å². The van der Waals surface area contributed by atoms with Crippen LogP contribution in [0.15, 0.2) is 18.2 Å². The number of aliphatic hydroxyl groups excluding tert-OH is 1. The molecule has 0 radical (unpaired) electrons. The minimum Gasteiger partial charge on any atom is -0.392 e. The molecule has 1 N–H and O–H groups in total. The number of hydrogen-bond donors (Lipinski definition) is 1. The van der Waals surface area contributed by atoms with Crippen LogP contribution in [0.3, 0.4) is 0 Å². The number of hydrogen-bond acceptors (Lipinski definition) is 1. The second-order valence-electron chi connectivity index (χ2n) is 4.00. The van der Waals surface area contributed by atoms with E-state index in [0.717, 1.165) is 10.6 Å². The molecule has 14 heavy (non-hydrogen) atoms. The zero-order chi connectivity index (χ0) is 9.97. The van der Waals surface area contributed by atoms with Crippen LogP contribution in [0.2, 0.25) is 5.02 Å². The highest BCUT2D eigenvalue weighted by Crippen LogP contribution is 2.37. The predicted molar refractivity (Wildman–Crippen MR) is 58.6 cm³/mol. The van der Waals surface area contributed by atoms with Gasteiger partial charge >= 0.3 is 0 Å². The smallest absolute Gasteiger partial charge is 0.0682 e. The summed E-state index contributed by atoms with van der Waals surface area (Å²) < 4.78 is 0. The first-order valence-corrected chi connectivity index (χ1v) is 5.58. The molecule has 0 aliphatic heterocycles. The first-order chi connectivity index (χ1) is 6.81. The van der Waals surface area contributed by atoms with Crippen molar-refractivity contribution in [1.29, 1.82) is 0 Å². The van der Waals surface area contributed by atoms with E-state index in [1.54, 1.807) is 0 Å². The molecule has 1 aliphatic carbocycles. The van der Waals surface area contributed by atoms with E-state index in [1.807, 2.05) is 12.1 Å². The molecule has 1 aromatic carbocycles. The molecule has 0 aromatic heterocycles. The minimum atomic E-state index is 0.0741. The molecule has 0 atom stereocenters. The Labute approximate surface area is 89.7 Å². The number of rotatable bonds is 2. The molecule has 1 fully saturated rings. The fourth-order valence-corrected chi connectivity index (χ4v) is 2.59. The highest BCUT2D eigenvalue weighted by Gasteiger charge is 2.19. The standard InChI is InChI=1S/C12H15ClO/c13-12-7-9(8-14)5-6-11(12)10-3-1-2-4-10/h5-7,10,14H,1-4,8H2. The SMILES string of the molecule is OCc1ccc(C2CCCC2)c(Cl)c1. The lowest BCUT2D eigenvalue weighted by Crippen LogP contribution is -1.94. The average molecular weight is 211 g/mol. The van der Waals surface area contributed by atoms with Crippen molar-refractivity contribution in [2.24, 2.45) is 0 Å². The third-order valence-corrected chi connectivity index (χ3v) is 3.37. The zero-order valence-corrected chi connectivity index (χ0v) is 8.93. The van der Waals surface area contributed by atoms with Gasteiger partial charge < -0.3 is 5.11 Å². The van der Waals surface area contributed by atoms with E-state index in [2.05, 4.69) is 6.07 Å². The van der Waals surface area contributed by atoms with Crippen molar-refractivity contribution in [3.8, 4) is 0 Å². The van der Waals surface area contributed by atoms with Crippen LogP contribution in [0.5, 0.6) is 0 Å². The van der Waals surface area contributed by atoms with Crippen LogP contribution in [-0.4, -0.2) is 5.11 Å². The van der Waals surface area contributed by atoms with Crippen LogP contribution in [0.4, 0.5) is 0 Å². The third kappa shape index (κ3) is 1.94. The highest BCUT2D eigenvalue weighted by molar-refractivity contribution is 6.31. The Bertz CT molecular complexity index is 316. The first kappa shape index (κ1) is 10.0. The van der Waals surface area contributed by atoms with Gasteiger partial charge in [-0.25, -0.2) is 0 Å². The van der Waals surface area contributed by atoms with Crippen molar-refractivity contribution in [2.45, 2.75) is 38.2 Å². The Balaban J connectivity index is 2.25. The van der Waals surface area contributed by atoms with Crippen molar-refractivity contribution in [1.82, 2.24) is 0 Å². The van der Waals surface area contributed by atoms with E-state index < -0.39 is 0 Å². The molecule has 0 spiro atoms. The van der Waals surface area contributed by atoms with Crippen molar-refractivity contribution >= 4 is 11.6 Å². The maximum absolute atomic E-state index is 8.96. The summed E-state index contributed by atoms with van der Waals surface area (Å²) in [5, 5.41) is 9.78. The molecule has 2 heteroatoms. The quantitative estimate of drug-likeness (QED) is 0.793. The van der Waals surface area contributed by atoms with Crippen molar-refractivity contribution < 1.29 is 5.11 Å². The largest absolute Gasteiger partial charge is 0.392 e. The molecule has 0 unspecified atom stereocenters. The molecule has 0 bridgehead atoms. The van der Waals surface area contributed by atoms with Gasteiger partial charge in [-0.3, -0.25) is 0 Å². The Morgan fingerprint density at radius 1 is 1.29 bits per heavy atom. The lowest BCUT2D eigenvalue weighted by molar-refractivity contribution is 0.282. The topological polar surface area (TPSA) is 20.2 Å². The second kappa shape index (κ2) is 4.33. The van der Waals surface area contributed by atoms with Gasteiger partial charge in [-0.1, -0.05) is 36.6 Å². The van der Waals surface area contributed by atoms with Gasteiger partial charge in [-0.05, 0) is 36.0 Å². The molecule has 1 nitrogen and oxygen atoms in total. The summed E-state index contributed by atoms with van der Waals surface area (Å²) in [6.45, 7) is 0.0741. The Hall–Kier alpha value is -0.530. The van der Waals surface area contributed by atoms with Crippen LogP contribution < -0.4 is 0 Å². The van der Waals surface area contributed by atoms with E-state index in [0.29, 0.717) is 5.92 Å². The number of aliphatic hydroxyl groups is 1. The summed E-state index contributed by atoms with van der Waals surface area (Å²) in [6.07, 6.45) is 5.17. The molecule has 1 aromatic rings. The van der Waals surface area contributed by atoms with Gasteiger partial charge in [0.15, 0.2) is 0 Å². The average Bonchev–Trinajstić information content (AvgIpc) is 2.70. The summed E-state index contributed by atoms with van der Waals surface area (Å²) in [6, 6.07) is 5.93. The first-order valence-electron chi connectivity index (χ1n) is 5.20. The molecular formula is C12H15ClO. The Kier molecular flexibility index (Phi) is 3.09. The number of halogens is 1.